The van der Waals surface area contributed by atoms with Gasteiger partial charge in [-0.25, -0.2) is 0 Å². The highest BCUT2D eigenvalue weighted by molar-refractivity contribution is 9.09. The van der Waals surface area contributed by atoms with Crippen LogP contribution in [0, 0.1) is 26.2 Å². The first-order valence-electron chi connectivity index (χ1n) is 6.21. The zero-order valence-corrected chi connectivity index (χ0v) is 12.9. The molecule has 1 aromatic rings. The highest BCUT2D eigenvalue weighted by Crippen LogP contribution is 2.48. The number of rotatable bonds is 2. The predicted octanol–water partition coefficient (Wildman–Crippen LogP) is 4.55. The van der Waals surface area contributed by atoms with Crippen LogP contribution in [0.3, 0.4) is 0 Å². The van der Waals surface area contributed by atoms with E-state index in [1.807, 2.05) is 0 Å². The summed E-state index contributed by atoms with van der Waals surface area (Å²) in [6.45, 7) is 10.9. The third-order valence-electron chi connectivity index (χ3n) is 3.92. The van der Waals surface area contributed by atoms with Crippen molar-refractivity contribution in [1.29, 1.82) is 0 Å². The standard InChI is InChI=1S/C15H21BrO/c1-9-6-10(2)14(11(3)7-9)17-13-8-12(16)15(13,4)5/h6-7,12-13H,8H2,1-5H3. The van der Waals surface area contributed by atoms with Crippen molar-refractivity contribution in [3.05, 3.63) is 28.8 Å². The van der Waals surface area contributed by atoms with Crippen LogP contribution in [-0.2, 0) is 0 Å². The van der Waals surface area contributed by atoms with E-state index in [-0.39, 0.29) is 5.41 Å². The summed E-state index contributed by atoms with van der Waals surface area (Å²) < 4.78 is 6.22. The number of benzene rings is 1. The molecule has 1 saturated carbocycles. The summed E-state index contributed by atoms with van der Waals surface area (Å²) in [7, 11) is 0. The lowest BCUT2D eigenvalue weighted by atomic mass is 9.69. The molecule has 0 aromatic heterocycles. The second-order valence-corrected chi connectivity index (χ2v) is 6.96. The van der Waals surface area contributed by atoms with Crippen LogP contribution in [0.25, 0.3) is 0 Å². The summed E-state index contributed by atoms with van der Waals surface area (Å²) in [6, 6.07) is 4.39. The van der Waals surface area contributed by atoms with Crippen molar-refractivity contribution in [2.24, 2.45) is 5.41 Å². The van der Waals surface area contributed by atoms with Gasteiger partial charge in [-0.2, -0.15) is 0 Å². The highest BCUT2D eigenvalue weighted by atomic mass is 79.9. The SMILES string of the molecule is Cc1cc(C)c(OC2CC(Br)C2(C)C)c(C)c1. The highest BCUT2D eigenvalue weighted by Gasteiger charge is 2.48. The Balaban J connectivity index is 2.21. The van der Waals surface area contributed by atoms with Gasteiger partial charge in [0.25, 0.3) is 0 Å². The van der Waals surface area contributed by atoms with Crippen molar-refractivity contribution in [3.8, 4) is 5.75 Å². The Bertz CT molecular complexity index is 414. The molecular formula is C15H21BrO. The molecule has 0 N–H and O–H groups in total. The van der Waals surface area contributed by atoms with E-state index in [0.29, 0.717) is 10.9 Å². The van der Waals surface area contributed by atoms with Crippen LogP contribution in [0.2, 0.25) is 0 Å². The Kier molecular flexibility index (Phi) is 3.28. The van der Waals surface area contributed by atoms with Crippen LogP contribution >= 0.6 is 15.9 Å². The van der Waals surface area contributed by atoms with Crippen molar-refractivity contribution in [2.75, 3.05) is 0 Å². The molecule has 1 aliphatic carbocycles. The zero-order chi connectivity index (χ0) is 12.8. The molecule has 0 bridgehead atoms. The molecule has 94 valence electrons. The Morgan fingerprint density at radius 2 is 1.71 bits per heavy atom. The molecule has 0 amide bonds. The minimum atomic E-state index is 0.226. The molecule has 1 aromatic carbocycles. The number of hydrogen-bond donors (Lipinski definition) is 0. The maximum atomic E-state index is 6.22. The van der Waals surface area contributed by atoms with E-state index in [4.69, 9.17) is 4.74 Å². The van der Waals surface area contributed by atoms with Crippen LogP contribution < -0.4 is 4.74 Å². The average Bonchev–Trinajstić information content (AvgIpc) is 2.21. The first-order valence-corrected chi connectivity index (χ1v) is 7.12. The minimum absolute atomic E-state index is 0.226. The van der Waals surface area contributed by atoms with Gasteiger partial charge in [0.05, 0.1) is 0 Å². The summed E-state index contributed by atoms with van der Waals surface area (Å²) in [4.78, 5) is 0.575. The van der Waals surface area contributed by atoms with E-state index >= 15 is 0 Å². The molecule has 2 heteroatoms. The van der Waals surface area contributed by atoms with Gasteiger partial charge in [-0.1, -0.05) is 47.5 Å². The van der Waals surface area contributed by atoms with E-state index in [1.54, 1.807) is 0 Å². The smallest absolute Gasteiger partial charge is 0.125 e. The molecule has 0 aliphatic heterocycles. The first-order chi connectivity index (χ1) is 7.82. The third kappa shape index (κ3) is 2.24. The largest absolute Gasteiger partial charge is 0.489 e. The fourth-order valence-corrected chi connectivity index (χ4v) is 3.17. The monoisotopic (exact) mass is 296 g/mol. The molecule has 2 unspecified atom stereocenters. The maximum absolute atomic E-state index is 6.22. The van der Waals surface area contributed by atoms with Gasteiger partial charge in [0.15, 0.2) is 0 Å². The van der Waals surface area contributed by atoms with Crippen molar-refractivity contribution >= 4 is 15.9 Å². The molecule has 1 fully saturated rings. The fraction of sp³-hybridized carbons (Fsp3) is 0.600. The Hall–Kier alpha value is -0.500. The molecule has 0 saturated heterocycles. The molecule has 2 atom stereocenters. The molecule has 1 nitrogen and oxygen atoms in total. The van der Waals surface area contributed by atoms with Crippen LogP contribution in [0.1, 0.15) is 37.0 Å². The Morgan fingerprint density at radius 3 is 2.12 bits per heavy atom. The number of hydrogen-bond acceptors (Lipinski definition) is 1. The van der Waals surface area contributed by atoms with E-state index in [1.165, 1.54) is 16.7 Å². The van der Waals surface area contributed by atoms with Gasteiger partial charge in [0.1, 0.15) is 11.9 Å². The van der Waals surface area contributed by atoms with Crippen LogP contribution in [-0.4, -0.2) is 10.9 Å². The van der Waals surface area contributed by atoms with Crippen molar-refractivity contribution in [3.63, 3.8) is 0 Å². The maximum Gasteiger partial charge on any atom is 0.125 e. The zero-order valence-electron chi connectivity index (χ0n) is 11.3. The van der Waals surface area contributed by atoms with E-state index in [2.05, 4.69) is 62.7 Å². The molecule has 1 aliphatic rings. The number of aryl methyl sites for hydroxylation is 3. The van der Waals surface area contributed by atoms with E-state index < -0.39 is 0 Å². The van der Waals surface area contributed by atoms with Crippen LogP contribution in [0.15, 0.2) is 12.1 Å². The second kappa shape index (κ2) is 4.31. The molecule has 0 spiro atoms. The summed E-state index contributed by atoms with van der Waals surface area (Å²) in [5.41, 5.74) is 4.02. The first kappa shape index (κ1) is 12.9. The van der Waals surface area contributed by atoms with Gasteiger partial charge in [-0.05, 0) is 38.3 Å². The van der Waals surface area contributed by atoms with Crippen molar-refractivity contribution in [2.45, 2.75) is 52.0 Å². The van der Waals surface area contributed by atoms with Crippen molar-refractivity contribution < 1.29 is 4.74 Å². The minimum Gasteiger partial charge on any atom is -0.489 e. The number of halogens is 1. The lowest BCUT2D eigenvalue weighted by Gasteiger charge is -2.49. The Labute approximate surface area is 113 Å². The summed E-state index contributed by atoms with van der Waals surface area (Å²) >= 11 is 3.70. The van der Waals surface area contributed by atoms with Gasteiger partial charge in [0, 0.05) is 10.2 Å². The van der Waals surface area contributed by atoms with Gasteiger partial charge >= 0.3 is 0 Å². The molecule has 17 heavy (non-hydrogen) atoms. The fourth-order valence-electron chi connectivity index (χ4n) is 2.53. The summed E-state index contributed by atoms with van der Waals surface area (Å²) in [5, 5.41) is 0. The normalized spacial score (nSPS) is 26.5. The van der Waals surface area contributed by atoms with Crippen molar-refractivity contribution in [1.82, 2.24) is 0 Å². The van der Waals surface area contributed by atoms with Gasteiger partial charge in [-0.3, -0.25) is 0 Å². The molecule has 0 heterocycles. The second-order valence-electron chi connectivity index (χ2n) is 5.86. The van der Waals surface area contributed by atoms with Gasteiger partial charge in [0.2, 0.25) is 0 Å². The Morgan fingerprint density at radius 1 is 1.18 bits per heavy atom. The van der Waals surface area contributed by atoms with Crippen LogP contribution in [0.4, 0.5) is 0 Å². The summed E-state index contributed by atoms with van der Waals surface area (Å²) in [6.07, 6.45) is 1.42. The predicted molar refractivity (Wildman–Crippen MR) is 76.2 cm³/mol. The van der Waals surface area contributed by atoms with Crippen LogP contribution in [0.5, 0.6) is 5.75 Å². The quantitative estimate of drug-likeness (QED) is 0.728. The summed E-state index contributed by atoms with van der Waals surface area (Å²) in [5.74, 6) is 1.08. The lowest BCUT2D eigenvalue weighted by molar-refractivity contribution is -0.00866. The van der Waals surface area contributed by atoms with E-state index in [9.17, 15) is 0 Å². The third-order valence-corrected chi connectivity index (χ3v) is 5.48. The van der Waals surface area contributed by atoms with E-state index in [0.717, 1.165) is 12.2 Å². The topological polar surface area (TPSA) is 9.23 Å². The lowest BCUT2D eigenvalue weighted by Crippen LogP contribution is -2.53. The molecular weight excluding hydrogens is 276 g/mol. The van der Waals surface area contributed by atoms with Gasteiger partial charge < -0.3 is 4.74 Å². The number of alkyl halides is 1. The average molecular weight is 297 g/mol. The van der Waals surface area contributed by atoms with Gasteiger partial charge in [-0.15, -0.1) is 0 Å². The number of ether oxygens (including phenoxy) is 1. The molecule has 0 radical (unpaired) electrons. The molecule has 2 rings (SSSR count).